The highest BCUT2D eigenvalue weighted by Crippen LogP contribution is 2.46. The predicted molar refractivity (Wildman–Crippen MR) is 108 cm³/mol. The molecule has 25 heavy (non-hydrogen) atoms. The van der Waals surface area contributed by atoms with Crippen LogP contribution in [0.1, 0.15) is 65.0 Å². The first-order valence-corrected chi connectivity index (χ1v) is 9.88. The monoisotopic (exact) mass is 423 g/mol. The smallest absolute Gasteiger partial charge is 0.157 e. The highest BCUT2D eigenvalue weighted by molar-refractivity contribution is 8.93. The van der Waals surface area contributed by atoms with E-state index < -0.39 is 0 Å². The van der Waals surface area contributed by atoms with E-state index in [2.05, 4.69) is 18.3 Å². The first kappa shape index (κ1) is 18.7. The highest BCUT2D eigenvalue weighted by atomic mass is 79.9. The molecule has 0 saturated carbocycles. The van der Waals surface area contributed by atoms with Gasteiger partial charge in [-0.15, -0.1) is 28.3 Å². The lowest BCUT2D eigenvalue weighted by atomic mass is 9.74. The van der Waals surface area contributed by atoms with Gasteiger partial charge in [0.15, 0.2) is 11.5 Å². The summed E-state index contributed by atoms with van der Waals surface area (Å²) in [6.07, 6.45) is 7.04. The van der Waals surface area contributed by atoms with Gasteiger partial charge < -0.3 is 15.5 Å². The lowest BCUT2D eigenvalue weighted by Gasteiger charge is -2.38. The lowest BCUT2D eigenvalue weighted by molar-refractivity contribution is 0.382. The maximum absolute atomic E-state index is 9.99. The summed E-state index contributed by atoms with van der Waals surface area (Å²) in [5, 5.41) is 23.5. The standard InChI is InChI=1S/C20H25NO2S.BrH/c1-2-3-4-5-13-9-15-19(24-13)11-21-16-7-6-12-8-17(22)18(23)10-14(12)20(15)16;/h8-10,16,20-23H,2-7,11H2,1H3;1H. The fourth-order valence-corrected chi connectivity index (χ4v) is 5.45. The van der Waals surface area contributed by atoms with Crippen LogP contribution in [0.5, 0.6) is 11.5 Å². The minimum absolute atomic E-state index is 0. The molecule has 0 bridgehead atoms. The predicted octanol–water partition coefficient (Wildman–Crippen LogP) is 5.02. The number of fused-ring (bicyclic) bond motifs is 5. The Kier molecular flexibility index (Phi) is 5.76. The Morgan fingerprint density at radius 3 is 2.72 bits per heavy atom. The second-order valence-corrected chi connectivity index (χ2v) is 8.31. The quantitative estimate of drug-likeness (QED) is 0.477. The van der Waals surface area contributed by atoms with E-state index in [4.69, 9.17) is 0 Å². The number of aromatic hydroxyl groups is 2. The SMILES string of the molecule is Br.CCCCCc1cc2c(s1)CNC1CCc3cc(O)c(O)cc3C21. The maximum atomic E-state index is 9.99. The van der Waals surface area contributed by atoms with Gasteiger partial charge in [0.2, 0.25) is 0 Å². The van der Waals surface area contributed by atoms with Crippen molar-refractivity contribution in [2.45, 2.75) is 64.0 Å². The van der Waals surface area contributed by atoms with E-state index in [1.807, 2.05) is 11.3 Å². The molecule has 2 atom stereocenters. The summed E-state index contributed by atoms with van der Waals surface area (Å²) in [6.45, 7) is 3.21. The molecule has 0 saturated heterocycles. The summed E-state index contributed by atoms with van der Waals surface area (Å²) >= 11 is 1.95. The molecule has 0 amide bonds. The minimum Gasteiger partial charge on any atom is -0.504 e. The second kappa shape index (κ2) is 7.68. The van der Waals surface area contributed by atoms with Gasteiger partial charge in [0, 0.05) is 28.3 Å². The number of thiophene rings is 1. The van der Waals surface area contributed by atoms with E-state index in [1.54, 1.807) is 12.1 Å². The van der Waals surface area contributed by atoms with E-state index in [0.717, 1.165) is 19.4 Å². The molecule has 2 aromatic rings. The number of unbranched alkanes of at least 4 members (excludes halogenated alkanes) is 2. The molecular formula is C20H26BrNO2S. The van der Waals surface area contributed by atoms with E-state index in [9.17, 15) is 10.2 Å². The second-order valence-electron chi connectivity index (χ2n) is 7.09. The van der Waals surface area contributed by atoms with E-state index >= 15 is 0 Å². The molecule has 1 aliphatic carbocycles. The summed E-state index contributed by atoms with van der Waals surface area (Å²) in [4.78, 5) is 2.94. The number of halogens is 1. The summed E-state index contributed by atoms with van der Waals surface area (Å²) < 4.78 is 0. The third-order valence-corrected chi connectivity index (χ3v) is 6.69. The first-order valence-electron chi connectivity index (χ1n) is 9.07. The number of rotatable bonds is 4. The Morgan fingerprint density at radius 1 is 1.12 bits per heavy atom. The van der Waals surface area contributed by atoms with Gasteiger partial charge in [-0.25, -0.2) is 0 Å². The molecule has 2 unspecified atom stereocenters. The van der Waals surface area contributed by atoms with Crippen LogP contribution in [0.4, 0.5) is 0 Å². The van der Waals surface area contributed by atoms with Crippen LogP contribution in [0.15, 0.2) is 18.2 Å². The number of benzene rings is 1. The number of nitrogens with one attached hydrogen (secondary N) is 1. The molecule has 1 aliphatic heterocycles. The normalized spacial score (nSPS) is 21.0. The van der Waals surface area contributed by atoms with Crippen LogP contribution in [0, 0.1) is 0 Å². The van der Waals surface area contributed by atoms with Gasteiger partial charge in [-0.3, -0.25) is 0 Å². The molecule has 4 rings (SSSR count). The highest BCUT2D eigenvalue weighted by Gasteiger charge is 2.36. The molecule has 1 aromatic heterocycles. The van der Waals surface area contributed by atoms with Crippen molar-refractivity contribution in [3.63, 3.8) is 0 Å². The number of phenolic OH excluding ortho intramolecular Hbond substituents is 2. The van der Waals surface area contributed by atoms with Crippen molar-refractivity contribution in [1.82, 2.24) is 5.32 Å². The zero-order valence-corrected chi connectivity index (χ0v) is 17.1. The first-order chi connectivity index (χ1) is 11.7. The van der Waals surface area contributed by atoms with Crippen molar-refractivity contribution < 1.29 is 10.2 Å². The van der Waals surface area contributed by atoms with Crippen molar-refractivity contribution >= 4 is 28.3 Å². The summed E-state index contributed by atoms with van der Waals surface area (Å²) in [6, 6.07) is 6.39. The van der Waals surface area contributed by atoms with Crippen LogP contribution < -0.4 is 5.32 Å². The molecule has 136 valence electrons. The average molecular weight is 424 g/mol. The van der Waals surface area contributed by atoms with Gasteiger partial charge in [0.1, 0.15) is 0 Å². The molecule has 2 aliphatic rings. The van der Waals surface area contributed by atoms with Gasteiger partial charge in [-0.05, 0) is 60.6 Å². The number of hydrogen-bond donors (Lipinski definition) is 3. The Hall–Kier alpha value is -1.04. The zero-order valence-electron chi connectivity index (χ0n) is 14.5. The van der Waals surface area contributed by atoms with Crippen molar-refractivity contribution in [3.8, 4) is 11.5 Å². The van der Waals surface area contributed by atoms with Crippen LogP contribution in [-0.2, 0) is 19.4 Å². The zero-order chi connectivity index (χ0) is 16.7. The Morgan fingerprint density at radius 2 is 1.92 bits per heavy atom. The Bertz CT molecular complexity index is 758. The number of aryl methyl sites for hydroxylation is 2. The summed E-state index contributed by atoms with van der Waals surface area (Å²) in [7, 11) is 0. The Labute approximate surface area is 163 Å². The number of phenols is 2. The molecule has 0 fully saturated rings. The van der Waals surface area contributed by atoms with Gasteiger partial charge >= 0.3 is 0 Å². The summed E-state index contributed by atoms with van der Waals surface area (Å²) in [5.41, 5.74) is 3.81. The molecule has 5 heteroatoms. The van der Waals surface area contributed by atoms with Gasteiger partial charge in [0.05, 0.1) is 0 Å². The molecular weight excluding hydrogens is 398 g/mol. The van der Waals surface area contributed by atoms with Crippen LogP contribution in [0.25, 0.3) is 0 Å². The fraction of sp³-hybridized carbons (Fsp3) is 0.500. The largest absolute Gasteiger partial charge is 0.504 e. The Balaban J connectivity index is 0.00000182. The molecule has 0 spiro atoms. The molecule has 2 heterocycles. The van der Waals surface area contributed by atoms with Crippen LogP contribution >= 0.6 is 28.3 Å². The van der Waals surface area contributed by atoms with Gasteiger partial charge in [-0.1, -0.05) is 19.8 Å². The van der Waals surface area contributed by atoms with Crippen molar-refractivity contribution in [3.05, 3.63) is 44.6 Å². The van der Waals surface area contributed by atoms with E-state index in [1.165, 1.54) is 52.1 Å². The fourth-order valence-electron chi connectivity index (χ4n) is 4.24. The molecule has 1 aromatic carbocycles. The molecule has 3 N–H and O–H groups in total. The van der Waals surface area contributed by atoms with E-state index in [-0.39, 0.29) is 28.5 Å². The van der Waals surface area contributed by atoms with Gasteiger partial charge in [0.25, 0.3) is 0 Å². The van der Waals surface area contributed by atoms with E-state index in [0.29, 0.717) is 12.0 Å². The van der Waals surface area contributed by atoms with Gasteiger partial charge in [-0.2, -0.15) is 0 Å². The summed E-state index contributed by atoms with van der Waals surface area (Å²) in [5.74, 6) is 0.307. The molecule has 0 radical (unpaired) electrons. The lowest BCUT2D eigenvalue weighted by Crippen LogP contribution is -2.41. The number of hydrogen-bond acceptors (Lipinski definition) is 4. The van der Waals surface area contributed by atoms with Crippen molar-refractivity contribution in [1.29, 1.82) is 0 Å². The van der Waals surface area contributed by atoms with Crippen molar-refractivity contribution in [2.75, 3.05) is 0 Å². The molecule has 3 nitrogen and oxygen atoms in total. The topological polar surface area (TPSA) is 52.5 Å². The maximum Gasteiger partial charge on any atom is 0.157 e. The third kappa shape index (κ3) is 3.46. The minimum atomic E-state index is -0.0000719. The average Bonchev–Trinajstić information content (AvgIpc) is 2.99. The van der Waals surface area contributed by atoms with Crippen LogP contribution in [0.3, 0.4) is 0 Å². The van der Waals surface area contributed by atoms with Crippen LogP contribution in [-0.4, -0.2) is 16.3 Å². The van der Waals surface area contributed by atoms with Crippen LogP contribution in [0.2, 0.25) is 0 Å². The van der Waals surface area contributed by atoms with Crippen molar-refractivity contribution in [2.24, 2.45) is 0 Å². The third-order valence-electron chi connectivity index (χ3n) is 5.48.